The van der Waals surface area contributed by atoms with E-state index in [1.165, 1.54) is 11.1 Å². The van der Waals surface area contributed by atoms with E-state index in [-0.39, 0.29) is 11.9 Å². The number of aryl methyl sites for hydroxylation is 2. The van der Waals surface area contributed by atoms with Gasteiger partial charge < -0.3 is 9.73 Å². The highest BCUT2D eigenvalue weighted by Crippen LogP contribution is 2.40. The first-order valence-corrected chi connectivity index (χ1v) is 9.16. The average molecular weight is 339 g/mol. The van der Waals surface area contributed by atoms with Crippen LogP contribution in [0.15, 0.2) is 34.7 Å². The molecule has 0 bridgehead atoms. The molecule has 2 heterocycles. The number of hydrazine groups is 1. The van der Waals surface area contributed by atoms with Crippen molar-refractivity contribution in [1.82, 2.24) is 16.2 Å². The van der Waals surface area contributed by atoms with Crippen molar-refractivity contribution in [1.29, 1.82) is 0 Å². The van der Waals surface area contributed by atoms with Gasteiger partial charge in [0.2, 0.25) is 0 Å². The van der Waals surface area contributed by atoms with Crippen LogP contribution in [0.4, 0.5) is 0 Å². The van der Waals surface area contributed by atoms with Crippen molar-refractivity contribution >= 4 is 5.91 Å². The number of benzene rings is 1. The van der Waals surface area contributed by atoms with Crippen molar-refractivity contribution in [2.75, 3.05) is 13.1 Å². The van der Waals surface area contributed by atoms with Crippen LogP contribution >= 0.6 is 0 Å². The first kappa shape index (κ1) is 16.4. The lowest BCUT2D eigenvalue weighted by atomic mass is 9.83. The largest absolute Gasteiger partial charge is 0.455 e. The third kappa shape index (κ3) is 3.22. The standard InChI is InChI=1S/C20H25N3O2/c1-13-17-16(10-9-15-12-22-23-18(15)17)25-19(13)20(24)21-11-5-8-14-6-3-2-4-7-14/h2-4,6-7,15,18,22-23H,5,8-12H2,1H3,(H,21,24). The molecule has 4 rings (SSSR count). The second-order valence-corrected chi connectivity index (χ2v) is 7.04. The molecule has 0 spiro atoms. The molecule has 2 aromatic rings. The molecule has 1 amide bonds. The molecule has 2 atom stereocenters. The van der Waals surface area contributed by atoms with E-state index in [1.54, 1.807) is 0 Å². The minimum absolute atomic E-state index is 0.0949. The van der Waals surface area contributed by atoms with Crippen molar-refractivity contribution in [3.8, 4) is 0 Å². The Morgan fingerprint density at radius 1 is 1.32 bits per heavy atom. The molecule has 5 heteroatoms. The summed E-state index contributed by atoms with van der Waals surface area (Å²) in [6, 6.07) is 10.6. The predicted molar refractivity (Wildman–Crippen MR) is 96.2 cm³/mol. The lowest BCUT2D eigenvalue weighted by Gasteiger charge is -2.23. The quantitative estimate of drug-likeness (QED) is 0.733. The number of hydrogen-bond acceptors (Lipinski definition) is 4. The third-order valence-corrected chi connectivity index (χ3v) is 5.39. The number of furan rings is 1. The van der Waals surface area contributed by atoms with Crippen molar-refractivity contribution in [3.63, 3.8) is 0 Å². The Labute approximate surface area is 148 Å². The van der Waals surface area contributed by atoms with Crippen LogP contribution in [0.1, 0.15) is 51.9 Å². The summed E-state index contributed by atoms with van der Waals surface area (Å²) in [6.07, 6.45) is 3.91. The topological polar surface area (TPSA) is 66.3 Å². The molecule has 1 aliphatic heterocycles. The summed E-state index contributed by atoms with van der Waals surface area (Å²) in [7, 11) is 0. The highest BCUT2D eigenvalue weighted by Gasteiger charge is 2.38. The van der Waals surface area contributed by atoms with Gasteiger partial charge in [-0.05, 0) is 37.7 Å². The maximum Gasteiger partial charge on any atom is 0.287 e. The van der Waals surface area contributed by atoms with Crippen LogP contribution < -0.4 is 16.2 Å². The van der Waals surface area contributed by atoms with Crippen LogP contribution in [-0.4, -0.2) is 19.0 Å². The molecule has 1 saturated heterocycles. The molecule has 2 aliphatic rings. The van der Waals surface area contributed by atoms with E-state index in [9.17, 15) is 4.79 Å². The molecule has 1 aromatic carbocycles. The van der Waals surface area contributed by atoms with E-state index in [0.717, 1.165) is 43.6 Å². The van der Waals surface area contributed by atoms with E-state index < -0.39 is 0 Å². The van der Waals surface area contributed by atoms with E-state index in [4.69, 9.17) is 4.42 Å². The second-order valence-electron chi connectivity index (χ2n) is 7.04. The summed E-state index contributed by atoms with van der Waals surface area (Å²) in [5, 5.41) is 3.01. The summed E-state index contributed by atoms with van der Waals surface area (Å²) in [5.74, 6) is 1.96. The number of nitrogens with one attached hydrogen (secondary N) is 3. The van der Waals surface area contributed by atoms with Crippen LogP contribution in [-0.2, 0) is 12.8 Å². The van der Waals surface area contributed by atoms with Gasteiger partial charge in [-0.1, -0.05) is 30.3 Å². The van der Waals surface area contributed by atoms with Gasteiger partial charge in [-0.15, -0.1) is 0 Å². The van der Waals surface area contributed by atoms with Crippen LogP contribution in [0.2, 0.25) is 0 Å². The Kier molecular flexibility index (Phi) is 4.59. The Morgan fingerprint density at radius 2 is 2.16 bits per heavy atom. The van der Waals surface area contributed by atoms with E-state index in [1.807, 2.05) is 25.1 Å². The smallest absolute Gasteiger partial charge is 0.287 e. The first-order chi connectivity index (χ1) is 12.2. The Hall–Kier alpha value is -2.11. The molecular formula is C20H25N3O2. The number of rotatable bonds is 5. The van der Waals surface area contributed by atoms with Gasteiger partial charge in [0, 0.05) is 30.6 Å². The molecule has 132 valence electrons. The summed E-state index contributed by atoms with van der Waals surface area (Å²) in [4.78, 5) is 12.5. The lowest BCUT2D eigenvalue weighted by molar-refractivity contribution is 0.0922. The molecule has 1 fully saturated rings. The fraction of sp³-hybridized carbons (Fsp3) is 0.450. The molecule has 1 aromatic heterocycles. The van der Waals surface area contributed by atoms with Gasteiger partial charge in [0.1, 0.15) is 5.76 Å². The van der Waals surface area contributed by atoms with Gasteiger partial charge in [0.05, 0.1) is 6.04 Å². The summed E-state index contributed by atoms with van der Waals surface area (Å²) < 4.78 is 5.94. The minimum atomic E-state index is -0.0949. The SMILES string of the molecule is Cc1c(C(=O)NCCCc2ccccc2)oc2c1C1NNCC1CC2. The number of carbonyl (C=O) groups is 1. The minimum Gasteiger partial charge on any atom is -0.455 e. The highest BCUT2D eigenvalue weighted by molar-refractivity contribution is 5.93. The van der Waals surface area contributed by atoms with Gasteiger partial charge in [0.15, 0.2) is 5.76 Å². The van der Waals surface area contributed by atoms with E-state index in [2.05, 4.69) is 28.3 Å². The zero-order chi connectivity index (χ0) is 17.2. The molecule has 0 radical (unpaired) electrons. The maximum atomic E-state index is 12.5. The Morgan fingerprint density at radius 3 is 3.00 bits per heavy atom. The zero-order valence-corrected chi connectivity index (χ0v) is 14.6. The summed E-state index contributed by atoms with van der Waals surface area (Å²) >= 11 is 0. The number of hydrogen-bond donors (Lipinski definition) is 3. The lowest BCUT2D eigenvalue weighted by Crippen LogP contribution is -2.27. The molecule has 3 N–H and O–H groups in total. The van der Waals surface area contributed by atoms with Crippen LogP contribution in [0.5, 0.6) is 0 Å². The van der Waals surface area contributed by atoms with Crippen LogP contribution in [0.3, 0.4) is 0 Å². The zero-order valence-electron chi connectivity index (χ0n) is 14.6. The number of carbonyl (C=O) groups excluding carboxylic acids is 1. The fourth-order valence-electron chi connectivity index (χ4n) is 4.04. The average Bonchev–Trinajstić information content (AvgIpc) is 3.23. The summed E-state index contributed by atoms with van der Waals surface area (Å²) in [6.45, 7) is 3.64. The van der Waals surface area contributed by atoms with Gasteiger partial charge in [-0.25, -0.2) is 5.43 Å². The van der Waals surface area contributed by atoms with Crippen molar-refractivity contribution in [2.45, 2.75) is 38.6 Å². The molecule has 1 aliphatic carbocycles. The summed E-state index contributed by atoms with van der Waals surface area (Å²) in [5.41, 5.74) is 10.0. The van der Waals surface area contributed by atoms with Crippen molar-refractivity contribution in [3.05, 3.63) is 58.5 Å². The first-order valence-electron chi connectivity index (χ1n) is 9.16. The van der Waals surface area contributed by atoms with Crippen molar-refractivity contribution < 1.29 is 9.21 Å². The van der Waals surface area contributed by atoms with E-state index in [0.29, 0.717) is 18.2 Å². The van der Waals surface area contributed by atoms with Gasteiger partial charge in [-0.2, -0.15) is 0 Å². The van der Waals surface area contributed by atoms with Gasteiger partial charge in [-0.3, -0.25) is 10.2 Å². The highest BCUT2D eigenvalue weighted by atomic mass is 16.4. The molecule has 0 saturated carbocycles. The fourth-order valence-corrected chi connectivity index (χ4v) is 4.04. The predicted octanol–water partition coefficient (Wildman–Crippen LogP) is 2.66. The van der Waals surface area contributed by atoms with Gasteiger partial charge >= 0.3 is 0 Å². The number of fused-ring (bicyclic) bond motifs is 3. The monoisotopic (exact) mass is 339 g/mol. The number of amides is 1. The molecular weight excluding hydrogens is 314 g/mol. The van der Waals surface area contributed by atoms with E-state index >= 15 is 0 Å². The maximum absolute atomic E-state index is 12.5. The van der Waals surface area contributed by atoms with Crippen LogP contribution in [0.25, 0.3) is 0 Å². The Bertz CT molecular complexity index is 754. The van der Waals surface area contributed by atoms with Crippen molar-refractivity contribution in [2.24, 2.45) is 5.92 Å². The second kappa shape index (κ2) is 7.02. The normalized spacial score (nSPS) is 21.6. The van der Waals surface area contributed by atoms with Crippen LogP contribution in [0, 0.1) is 12.8 Å². The molecule has 25 heavy (non-hydrogen) atoms. The molecule has 2 unspecified atom stereocenters. The Balaban J connectivity index is 1.38. The third-order valence-electron chi connectivity index (χ3n) is 5.39. The van der Waals surface area contributed by atoms with Gasteiger partial charge in [0.25, 0.3) is 5.91 Å². The molecule has 5 nitrogen and oxygen atoms in total.